The number of nitrogens with one attached hydrogen (secondary N) is 2. The molecule has 0 unspecified atom stereocenters. The smallest absolute Gasteiger partial charge is 0.265 e. The molecule has 1 saturated heterocycles. The number of aryl methyl sites for hydroxylation is 1. The number of methoxy groups -OCH3 is 2. The normalized spacial score (nSPS) is 20.3. The third-order valence-corrected chi connectivity index (χ3v) is 8.25. The molecule has 0 bridgehead atoms. The Morgan fingerprint density at radius 3 is 2.69 bits per heavy atom. The van der Waals surface area contributed by atoms with Crippen molar-refractivity contribution in [3.63, 3.8) is 0 Å². The number of hydrogen-bond donors (Lipinski definition) is 2. The van der Waals surface area contributed by atoms with E-state index in [1.807, 2.05) is 0 Å². The monoisotopic (exact) mass is 503 g/mol. The van der Waals surface area contributed by atoms with E-state index in [1.54, 1.807) is 38.1 Å². The van der Waals surface area contributed by atoms with E-state index in [0.717, 1.165) is 0 Å². The van der Waals surface area contributed by atoms with Crippen LogP contribution in [0.3, 0.4) is 0 Å². The predicted octanol–water partition coefficient (Wildman–Crippen LogP) is 2.77. The van der Waals surface area contributed by atoms with Gasteiger partial charge in [-0.05, 0) is 50.5 Å². The van der Waals surface area contributed by atoms with Crippen LogP contribution in [-0.2, 0) is 19.6 Å². The van der Waals surface area contributed by atoms with Crippen LogP contribution in [0.1, 0.15) is 25.3 Å². The molecule has 2 amide bonds. The molecule has 2 atom stereocenters. The molecule has 2 aromatic rings. The van der Waals surface area contributed by atoms with Crippen molar-refractivity contribution in [2.45, 2.75) is 37.7 Å². The summed E-state index contributed by atoms with van der Waals surface area (Å²) >= 11 is 0. The van der Waals surface area contributed by atoms with Crippen LogP contribution in [0.25, 0.3) is 0 Å². The maximum atomic E-state index is 13.6. The number of nitrogens with zero attached hydrogens (tertiary/aromatic N) is 1. The van der Waals surface area contributed by atoms with Crippen LogP contribution in [0.5, 0.6) is 17.2 Å². The molecule has 0 aliphatic carbocycles. The first kappa shape index (κ1) is 24.8. The summed E-state index contributed by atoms with van der Waals surface area (Å²) in [5.41, 5.74) is 1.41. The summed E-state index contributed by atoms with van der Waals surface area (Å²) in [7, 11) is -0.864. The lowest BCUT2D eigenvalue weighted by molar-refractivity contribution is -0.123. The van der Waals surface area contributed by atoms with Crippen molar-refractivity contribution in [1.82, 2.24) is 4.31 Å². The van der Waals surface area contributed by atoms with E-state index in [4.69, 9.17) is 14.2 Å². The van der Waals surface area contributed by atoms with Gasteiger partial charge in [0.15, 0.2) is 6.10 Å². The molecule has 2 aliphatic heterocycles. The van der Waals surface area contributed by atoms with E-state index in [9.17, 15) is 18.0 Å². The fourth-order valence-corrected chi connectivity index (χ4v) is 6.02. The SMILES string of the molecule is COc1ccc(NC(=O)[C@H]2CCCN(S(=O)(=O)c3cc4c(cc3C)NC(=O)[C@@H](C)O4)C2)c(OC)c1. The van der Waals surface area contributed by atoms with Crippen LogP contribution in [0.15, 0.2) is 35.2 Å². The second-order valence-electron chi connectivity index (χ2n) is 8.62. The van der Waals surface area contributed by atoms with Gasteiger partial charge in [-0.2, -0.15) is 4.31 Å². The van der Waals surface area contributed by atoms with Crippen molar-refractivity contribution < 1.29 is 32.2 Å². The molecule has 2 heterocycles. The topological polar surface area (TPSA) is 123 Å². The van der Waals surface area contributed by atoms with Crippen molar-refractivity contribution in [1.29, 1.82) is 0 Å². The molecule has 2 aromatic carbocycles. The zero-order valence-electron chi connectivity index (χ0n) is 20.1. The summed E-state index contributed by atoms with van der Waals surface area (Å²) in [6.45, 7) is 3.62. The molecular formula is C24H29N3O7S. The number of carbonyl (C=O) groups excluding carboxylic acids is 2. The van der Waals surface area contributed by atoms with Crippen molar-refractivity contribution in [3.8, 4) is 17.2 Å². The third-order valence-electron chi connectivity index (χ3n) is 6.25. The first-order chi connectivity index (χ1) is 16.6. The number of fused-ring (bicyclic) bond motifs is 1. The Morgan fingerprint density at radius 2 is 1.97 bits per heavy atom. The summed E-state index contributed by atoms with van der Waals surface area (Å²) in [5, 5.41) is 5.58. The average molecular weight is 504 g/mol. The van der Waals surface area contributed by atoms with E-state index >= 15 is 0 Å². The average Bonchev–Trinajstić information content (AvgIpc) is 2.85. The van der Waals surface area contributed by atoms with E-state index in [0.29, 0.717) is 53.6 Å². The molecule has 1 fully saturated rings. The molecule has 188 valence electrons. The highest BCUT2D eigenvalue weighted by molar-refractivity contribution is 7.89. The van der Waals surface area contributed by atoms with Gasteiger partial charge in [0, 0.05) is 25.2 Å². The van der Waals surface area contributed by atoms with E-state index in [2.05, 4.69) is 10.6 Å². The van der Waals surface area contributed by atoms with Gasteiger partial charge in [-0.25, -0.2) is 8.42 Å². The number of piperidine rings is 1. The maximum Gasteiger partial charge on any atom is 0.265 e. The summed E-state index contributed by atoms with van der Waals surface area (Å²) in [6, 6.07) is 8.10. The third kappa shape index (κ3) is 4.92. The van der Waals surface area contributed by atoms with Gasteiger partial charge in [-0.15, -0.1) is 0 Å². The number of carbonyl (C=O) groups is 2. The van der Waals surface area contributed by atoms with Gasteiger partial charge >= 0.3 is 0 Å². The quantitative estimate of drug-likeness (QED) is 0.621. The van der Waals surface area contributed by atoms with Crippen LogP contribution in [-0.4, -0.2) is 58.0 Å². The zero-order chi connectivity index (χ0) is 25.3. The lowest BCUT2D eigenvalue weighted by atomic mass is 9.98. The van der Waals surface area contributed by atoms with Crippen LogP contribution in [0, 0.1) is 12.8 Å². The van der Waals surface area contributed by atoms with Gasteiger partial charge in [0.05, 0.1) is 36.4 Å². The van der Waals surface area contributed by atoms with Gasteiger partial charge in [-0.3, -0.25) is 9.59 Å². The van der Waals surface area contributed by atoms with Crippen LogP contribution >= 0.6 is 0 Å². The Balaban J connectivity index is 1.53. The minimum absolute atomic E-state index is 0.0527. The Hall–Kier alpha value is -3.31. The number of anilines is 2. The Kier molecular flexibility index (Phi) is 6.91. The highest BCUT2D eigenvalue weighted by Crippen LogP contribution is 2.36. The molecule has 0 spiro atoms. The maximum absolute atomic E-state index is 13.6. The predicted molar refractivity (Wildman–Crippen MR) is 130 cm³/mol. The van der Waals surface area contributed by atoms with Gasteiger partial charge < -0.3 is 24.8 Å². The number of amides is 2. The van der Waals surface area contributed by atoms with Crippen LogP contribution in [0.4, 0.5) is 11.4 Å². The fraction of sp³-hybridized carbons (Fsp3) is 0.417. The molecule has 10 nitrogen and oxygen atoms in total. The van der Waals surface area contributed by atoms with Gasteiger partial charge in [0.25, 0.3) is 5.91 Å². The summed E-state index contributed by atoms with van der Waals surface area (Å²) < 4.78 is 44.6. The highest BCUT2D eigenvalue weighted by atomic mass is 32.2. The molecule has 0 aromatic heterocycles. The number of ether oxygens (including phenoxy) is 3. The van der Waals surface area contributed by atoms with E-state index in [-0.39, 0.29) is 23.3 Å². The Morgan fingerprint density at radius 1 is 1.20 bits per heavy atom. The summed E-state index contributed by atoms with van der Waals surface area (Å²) in [6.07, 6.45) is 0.385. The molecule has 0 radical (unpaired) electrons. The minimum Gasteiger partial charge on any atom is -0.497 e. The zero-order valence-corrected chi connectivity index (χ0v) is 20.9. The molecule has 11 heteroatoms. The summed E-state index contributed by atoms with van der Waals surface area (Å²) in [5.74, 6) is 0.247. The lowest BCUT2D eigenvalue weighted by Gasteiger charge is -2.32. The minimum atomic E-state index is -3.90. The number of hydrogen-bond acceptors (Lipinski definition) is 7. The van der Waals surface area contributed by atoms with E-state index < -0.39 is 22.0 Å². The fourth-order valence-electron chi connectivity index (χ4n) is 4.27. The molecular weight excluding hydrogens is 474 g/mol. The number of benzene rings is 2. The van der Waals surface area contributed by atoms with Gasteiger partial charge in [0.1, 0.15) is 17.2 Å². The standard InChI is InChI=1S/C24H29N3O7S/c1-14-10-19-21(34-15(2)23(28)26-19)12-22(14)35(30,31)27-9-5-6-16(13-27)24(29)25-18-8-7-17(32-3)11-20(18)33-4/h7-8,10-12,15-16H,5-6,9,13H2,1-4H3,(H,25,29)(H,26,28)/t15-,16+/m1/s1. The Labute approximate surface area is 204 Å². The van der Waals surface area contributed by atoms with Crippen molar-refractivity contribution in [3.05, 3.63) is 35.9 Å². The number of sulfonamides is 1. The van der Waals surface area contributed by atoms with Crippen LogP contribution in [0.2, 0.25) is 0 Å². The first-order valence-corrected chi connectivity index (χ1v) is 12.7. The van der Waals surface area contributed by atoms with Gasteiger partial charge in [-0.1, -0.05) is 0 Å². The molecule has 4 rings (SSSR count). The second kappa shape index (κ2) is 9.74. The highest BCUT2D eigenvalue weighted by Gasteiger charge is 2.35. The molecule has 35 heavy (non-hydrogen) atoms. The first-order valence-electron chi connectivity index (χ1n) is 11.3. The largest absolute Gasteiger partial charge is 0.497 e. The molecule has 2 aliphatic rings. The van der Waals surface area contributed by atoms with Crippen molar-refractivity contribution >= 4 is 33.2 Å². The van der Waals surface area contributed by atoms with Crippen molar-refractivity contribution in [2.75, 3.05) is 37.9 Å². The van der Waals surface area contributed by atoms with E-state index in [1.165, 1.54) is 24.6 Å². The van der Waals surface area contributed by atoms with Gasteiger partial charge in [0.2, 0.25) is 15.9 Å². The molecule has 0 saturated carbocycles. The second-order valence-corrected chi connectivity index (χ2v) is 10.5. The van der Waals surface area contributed by atoms with Crippen LogP contribution < -0.4 is 24.8 Å². The molecule has 2 N–H and O–H groups in total. The number of rotatable bonds is 6. The summed E-state index contributed by atoms with van der Waals surface area (Å²) in [4.78, 5) is 25.0. The Bertz CT molecular complexity index is 1260. The lowest BCUT2D eigenvalue weighted by Crippen LogP contribution is -2.44. The van der Waals surface area contributed by atoms with Crippen molar-refractivity contribution in [2.24, 2.45) is 5.92 Å².